The van der Waals surface area contributed by atoms with Crippen LogP contribution in [0.25, 0.3) is 0 Å². The van der Waals surface area contributed by atoms with Gasteiger partial charge in [0.2, 0.25) is 5.91 Å². The Morgan fingerprint density at radius 2 is 1.90 bits per heavy atom. The smallest absolute Gasteiger partial charge is 0.223 e. The summed E-state index contributed by atoms with van der Waals surface area (Å²) in [5, 5.41) is 2.96. The van der Waals surface area contributed by atoms with Gasteiger partial charge in [0, 0.05) is 5.92 Å². The highest BCUT2D eigenvalue weighted by Gasteiger charge is 2.25. The molecular formula is C16H24N2O2. The summed E-state index contributed by atoms with van der Waals surface area (Å²) < 4.78 is 5.55. The molecule has 0 saturated heterocycles. The number of benzene rings is 1. The van der Waals surface area contributed by atoms with Crippen molar-refractivity contribution in [3.05, 3.63) is 30.3 Å². The highest BCUT2D eigenvalue weighted by molar-refractivity contribution is 5.78. The summed E-state index contributed by atoms with van der Waals surface area (Å²) in [7, 11) is 0. The maximum absolute atomic E-state index is 12.0. The average molecular weight is 276 g/mol. The lowest BCUT2D eigenvalue weighted by atomic mass is 9.81. The van der Waals surface area contributed by atoms with Gasteiger partial charge in [-0.15, -0.1) is 0 Å². The summed E-state index contributed by atoms with van der Waals surface area (Å²) in [5.41, 5.74) is 5.66. The lowest BCUT2D eigenvalue weighted by Crippen LogP contribution is -2.36. The van der Waals surface area contributed by atoms with E-state index in [-0.39, 0.29) is 11.8 Å². The lowest BCUT2D eigenvalue weighted by molar-refractivity contribution is -0.126. The molecule has 1 amide bonds. The minimum atomic E-state index is 0.162. The van der Waals surface area contributed by atoms with E-state index < -0.39 is 0 Å². The van der Waals surface area contributed by atoms with Gasteiger partial charge in [0.25, 0.3) is 0 Å². The van der Waals surface area contributed by atoms with Gasteiger partial charge < -0.3 is 15.8 Å². The SMILES string of the molecule is NCC1CCC(C(=O)NCCOc2ccccc2)CC1. The van der Waals surface area contributed by atoms with Crippen LogP contribution in [0.3, 0.4) is 0 Å². The maximum atomic E-state index is 12.0. The third-order valence-corrected chi connectivity index (χ3v) is 3.96. The van der Waals surface area contributed by atoms with Gasteiger partial charge in [0.05, 0.1) is 6.54 Å². The molecule has 1 aromatic rings. The first kappa shape index (κ1) is 14.9. The lowest BCUT2D eigenvalue weighted by Gasteiger charge is -2.26. The van der Waals surface area contributed by atoms with Crippen LogP contribution in [-0.2, 0) is 4.79 Å². The number of carbonyl (C=O) groups is 1. The fourth-order valence-corrected chi connectivity index (χ4v) is 2.66. The number of ether oxygens (including phenoxy) is 1. The van der Waals surface area contributed by atoms with Crippen molar-refractivity contribution in [2.24, 2.45) is 17.6 Å². The van der Waals surface area contributed by atoms with E-state index in [1.807, 2.05) is 30.3 Å². The Hall–Kier alpha value is -1.55. The van der Waals surface area contributed by atoms with E-state index in [0.29, 0.717) is 19.1 Å². The summed E-state index contributed by atoms with van der Waals surface area (Å²) in [5.74, 6) is 1.78. The van der Waals surface area contributed by atoms with E-state index in [1.54, 1.807) is 0 Å². The zero-order valence-electron chi connectivity index (χ0n) is 11.9. The second-order valence-electron chi connectivity index (χ2n) is 5.41. The van der Waals surface area contributed by atoms with Crippen LogP contribution in [0.2, 0.25) is 0 Å². The number of rotatable bonds is 6. The van der Waals surface area contributed by atoms with Crippen molar-refractivity contribution < 1.29 is 9.53 Å². The molecule has 20 heavy (non-hydrogen) atoms. The monoisotopic (exact) mass is 276 g/mol. The topological polar surface area (TPSA) is 64.4 Å². The molecule has 1 aliphatic rings. The fraction of sp³-hybridized carbons (Fsp3) is 0.562. The molecule has 4 nitrogen and oxygen atoms in total. The van der Waals surface area contributed by atoms with Crippen LogP contribution >= 0.6 is 0 Å². The number of nitrogens with one attached hydrogen (secondary N) is 1. The molecule has 0 aromatic heterocycles. The van der Waals surface area contributed by atoms with E-state index >= 15 is 0 Å². The standard InChI is InChI=1S/C16H24N2O2/c17-12-13-6-8-14(9-7-13)16(19)18-10-11-20-15-4-2-1-3-5-15/h1-5,13-14H,6-12,17H2,(H,18,19). The highest BCUT2D eigenvalue weighted by Crippen LogP contribution is 2.28. The molecule has 0 heterocycles. The first-order valence-corrected chi connectivity index (χ1v) is 7.45. The zero-order chi connectivity index (χ0) is 14.2. The number of hydrogen-bond acceptors (Lipinski definition) is 3. The van der Waals surface area contributed by atoms with Crippen LogP contribution in [0.4, 0.5) is 0 Å². The number of hydrogen-bond donors (Lipinski definition) is 2. The Kier molecular flexibility index (Phi) is 5.87. The van der Waals surface area contributed by atoms with Crippen molar-refractivity contribution in [1.29, 1.82) is 0 Å². The molecule has 1 aromatic carbocycles. The van der Waals surface area contributed by atoms with Crippen LogP contribution in [0, 0.1) is 11.8 Å². The quantitative estimate of drug-likeness (QED) is 0.781. The third-order valence-electron chi connectivity index (χ3n) is 3.96. The third kappa shape index (κ3) is 4.53. The Morgan fingerprint density at radius 3 is 2.55 bits per heavy atom. The molecule has 110 valence electrons. The van der Waals surface area contributed by atoms with Crippen molar-refractivity contribution in [2.45, 2.75) is 25.7 Å². The molecule has 0 radical (unpaired) electrons. The fourth-order valence-electron chi connectivity index (χ4n) is 2.66. The Balaban J connectivity index is 1.61. The Labute approximate surface area is 120 Å². The maximum Gasteiger partial charge on any atom is 0.223 e. The van der Waals surface area contributed by atoms with Crippen LogP contribution in [0.1, 0.15) is 25.7 Å². The van der Waals surface area contributed by atoms with Gasteiger partial charge in [0.15, 0.2) is 0 Å². The van der Waals surface area contributed by atoms with Gasteiger partial charge in [-0.1, -0.05) is 18.2 Å². The van der Waals surface area contributed by atoms with E-state index in [1.165, 1.54) is 0 Å². The molecule has 2 rings (SSSR count). The predicted octanol–water partition coefficient (Wildman–Crippen LogP) is 1.95. The summed E-state index contributed by atoms with van der Waals surface area (Å²) in [6, 6.07) is 9.64. The Morgan fingerprint density at radius 1 is 1.20 bits per heavy atom. The van der Waals surface area contributed by atoms with Crippen molar-refractivity contribution in [3.63, 3.8) is 0 Å². The predicted molar refractivity (Wildman–Crippen MR) is 79.4 cm³/mol. The zero-order valence-corrected chi connectivity index (χ0v) is 11.9. The van der Waals surface area contributed by atoms with Crippen LogP contribution in [-0.4, -0.2) is 25.6 Å². The summed E-state index contributed by atoms with van der Waals surface area (Å²) in [6.45, 7) is 1.82. The van der Waals surface area contributed by atoms with Crippen molar-refractivity contribution in [3.8, 4) is 5.75 Å². The molecule has 4 heteroatoms. The number of nitrogens with two attached hydrogens (primary N) is 1. The molecule has 1 fully saturated rings. The van der Waals surface area contributed by atoms with Crippen molar-refractivity contribution >= 4 is 5.91 Å². The molecule has 0 spiro atoms. The molecule has 0 aliphatic heterocycles. The van der Waals surface area contributed by atoms with Crippen LogP contribution < -0.4 is 15.8 Å². The number of para-hydroxylation sites is 1. The number of carbonyl (C=O) groups excluding carboxylic acids is 1. The Bertz CT molecular complexity index is 400. The van der Waals surface area contributed by atoms with Crippen molar-refractivity contribution in [1.82, 2.24) is 5.32 Å². The minimum Gasteiger partial charge on any atom is -0.492 e. The average Bonchev–Trinajstić information content (AvgIpc) is 2.52. The van der Waals surface area contributed by atoms with Gasteiger partial charge in [0.1, 0.15) is 12.4 Å². The molecular weight excluding hydrogens is 252 g/mol. The van der Waals surface area contributed by atoms with E-state index in [2.05, 4.69) is 5.32 Å². The van der Waals surface area contributed by atoms with Crippen LogP contribution in [0.5, 0.6) is 5.75 Å². The largest absolute Gasteiger partial charge is 0.492 e. The van der Waals surface area contributed by atoms with Crippen molar-refractivity contribution in [2.75, 3.05) is 19.7 Å². The van der Waals surface area contributed by atoms with Gasteiger partial charge in [-0.05, 0) is 50.3 Å². The number of amides is 1. The molecule has 1 saturated carbocycles. The molecule has 1 aliphatic carbocycles. The highest BCUT2D eigenvalue weighted by atomic mass is 16.5. The minimum absolute atomic E-state index is 0.162. The summed E-state index contributed by atoms with van der Waals surface area (Å²) in [4.78, 5) is 12.0. The van der Waals surface area contributed by atoms with Gasteiger partial charge in [-0.25, -0.2) is 0 Å². The van der Waals surface area contributed by atoms with E-state index in [0.717, 1.165) is 38.0 Å². The van der Waals surface area contributed by atoms with Gasteiger partial charge in [-0.2, -0.15) is 0 Å². The molecule has 3 N–H and O–H groups in total. The normalized spacial score (nSPS) is 22.2. The van der Waals surface area contributed by atoms with Gasteiger partial charge in [-0.3, -0.25) is 4.79 Å². The molecule has 0 unspecified atom stereocenters. The van der Waals surface area contributed by atoms with Crippen LogP contribution in [0.15, 0.2) is 30.3 Å². The molecule has 0 bridgehead atoms. The summed E-state index contributed by atoms with van der Waals surface area (Å²) in [6.07, 6.45) is 4.09. The second-order valence-corrected chi connectivity index (χ2v) is 5.41. The van der Waals surface area contributed by atoms with E-state index in [4.69, 9.17) is 10.5 Å². The second kappa shape index (κ2) is 7.90. The summed E-state index contributed by atoms with van der Waals surface area (Å²) >= 11 is 0. The van der Waals surface area contributed by atoms with E-state index in [9.17, 15) is 4.79 Å². The first-order chi connectivity index (χ1) is 9.79. The molecule has 0 atom stereocenters. The first-order valence-electron chi connectivity index (χ1n) is 7.45. The van der Waals surface area contributed by atoms with Gasteiger partial charge >= 0.3 is 0 Å².